The van der Waals surface area contributed by atoms with Crippen LogP contribution in [0.15, 0.2) is 36.5 Å². The predicted octanol–water partition coefficient (Wildman–Crippen LogP) is 2.04. The molecular weight excluding hydrogens is 401 g/mol. The number of carbonyl (C=O) groups is 1. The average molecular weight is 423 g/mol. The number of hydrogen-bond donors (Lipinski definition) is 2. The van der Waals surface area contributed by atoms with E-state index in [1.807, 2.05) is 6.92 Å². The Kier molecular flexibility index (Phi) is 6.01. The zero-order chi connectivity index (χ0) is 21.2. The average Bonchev–Trinajstić information content (AvgIpc) is 2.84. The molecule has 1 saturated heterocycles. The first-order chi connectivity index (χ1) is 13.6. The number of aryl methyl sites for hydroxylation is 1. The molecule has 0 saturated carbocycles. The normalized spacial score (nSPS) is 19.1. The van der Waals surface area contributed by atoms with Crippen LogP contribution in [-0.2, 0) is 10.2 Å². The molecule has 1 unspecified atom stereocenters. The summed E-state index contributed by atoms with van der Waals surface area (Å²) in [4.78, 5) is 16.2. The van der Waals surface area contributed by atoms with Crippen molar-refractivity contribution in [3.63, 3.8) is 0 Å². The third-order valence-electron chi connectivity index (χ3n) is 4.48. The third kappa shape index (κ3) is 5.00. The van der Waals surface area contributed by atoms with Gasteiger partial charge in [-0.2, -0.15) is 17.0 Å². The van der Waals surface area contributed by atoms with Crippen LogP contribution in [0.4, 0.5) is 20.6 Å². The molecule has 9 nitrogen and oxygen atoms in total. The molecule has 0 aliphatic carbocycles. The minimum absolute atomic E-state index is 0.0458. The molecule has 0 bridgehead atoms. The quantitative estimate of drug-likeness (QED) is 0.766. The Hall–Kier alpha value is -2.76. The van der Waals surface area contributed by atoms with Crippen LogP contribution in [0.2, 0.25) is 0 Å². The van der Waals surface area contributed by atoms with Crippen LogP contribution >= 0.6 is 0 Å². The van der Waals surface area contributed by atoms with Crippen LogP contribution in [0.25, 0.3) is 0 Å². The van der Waals surface area contributed by atoms with E-state index < -0.39 is 28.1 Å². The number of aromatic nitrogens is 1. The molecule has 0 radical (unpaired) electrons. The van der Waals surface area contributed by atoms with Gasteiger partial charge in [0.2, 0.25) is 0 Å². The summed E-state index contributed by atoms with van der Waals surface area (Å²) >= 11 is 0. The van der Waals surface area contributed by atoms with Crippen LogP contribution in [-0.4, -0.2) is 61.3 Å². The number of ether oxygens (including phenoxy) is 1. The smallest absolute Gasteiger partial charge is 0.323 e. The van der Waals surface area contributed by atoms with E-state index in [-0.39, 0.29) is 24.6 Å². The summed E-state index contributed by atoms with van der Waals surface area (Å²) in [5, 5.41) is 5.13. The van der Waals surface area contributed by atoms with Crippen LogP contribution in [0.5, 0.6) is 5.75 Å². The number of benzene rings is 1. The van der Waals surface area contributed by atoms with Gasteiger partial charge in [0.15, 0.2) is 0 Å². The van der Waals surface area contributed by atoms with Gasteiger partial charge in [0, 0.05) is 44.2 Å². The number of nitrogens with zero attached hydrogens (tertiary/aromatic N) is 3. The molecule has 11 heteroatoms. The number of halogens is 1. The summed E-state index contributed by atoms with van der Waals surface area (Å²) in [6, 6.07) is 6.27. The predicted molar refractivity (Wildman–Crippen MR) is 107 cm³/mol. The van der Waals surface area contributed by atoms with Crippen molar-refractivity contribution < 1.29 is 22.3 Å². The number of likely N-dealkylation sites (N-methyl/N-ethyl adjacent to an activating group) is 2. The zero-order valence-electron chi connectivity index (χ0n) is 16.2. The van der Waals surface area contributed by atoms with Gasteiger partial charge in [0.05, 0.1) is 17.9 Å². The molecule has 1 aromatic carbocycles. The number of anilines is 2. The van der Waals surface area contributed by atoms with Crippen LogP contribution < -0.4 is 15.4 Å². The molecule has 2 heterocycles. The second-order valence-electron chi connectivity index (χ2n) is 6.71. The van der Waals surface area contributed by atoms with Crippen molar-refractivity contribution in [3.8, 4) is 5.75 Å². The minimum atomic E-state index is -3.48. The SMILES string of the molecule is Cc1ccc(NC(=O)Nc2cc(F)cc(OCC3CN(C)S(=O)(=O)N3C)c2)cn1. The topological polar surface area (TPSA) is 104 Å². The molecule has 29 heavy (non-hydrogen) atoms. The maximum Gasteiger partial charge on any atom is 0.323 e. The fourth-order valence-electron chi connectivity index (χ4n) is 2.82. The van der Waals surface area contributed by atoms with Crippen molar-refractivity contribution in [2.75, 3.05) is 37.9 Å². The van der Waals surface area contributed by atoms with Crippen molar-refractivity contribution in [3.05, 3.63) is 48.0 Å². The van der Waals surface area contributed by atoms with E-state index in [1.54, 1.807) is 12.1 Å². The van der Waals surface area contributed by atoms with Crippen molar-refractivity contribution in [1.29, 1.82) is 0 Å². The van der Waals surface area contributed by atoms with Crippen LogP contribution in [0, 0.1) is 12.7 Å². The molecule has 1 fully saturated rings. The first-order valence-electron chi connectivity index (χ1n) is 8.78. The van der Waals surface area contributed by atoms with Gasteiger partial charge in [-0.25, -0.2) is 9.18 Å². The highest BCUT2D eigenvalue weighted by Crippen LogP contribution is 2.23. The Morgan fingerprint density at radius 2 is 1.97 bits per heavy atom. The Bertz CT molecular complexity index is 1000. The van der Waals surface area contributed by atoms with Gasteiger partial charge >= 0.3 is 6.03 Å². The van der Waals surface area contributed by atoms with E-state index in [2.05, 4.69) is 15.6 Å². The molecule has 156 valence electrons. The molecule has 2 N–H and O–H groups in total. The lowest BCUT2D eigenvalue weighted by molar-refractivity contribution is 0.230. The van der Waals surface area contributed by atoms with E-state index in [9.17, 15) is 17.6 Å². The lowest BCUT2D eigenvalue weighted by Crippen LogP contribution is -2.35. The van der Waals surface area contributed by atoms with E-state index in [0.717, 1.165) is 11.8 Å². The highest BCUT2D eigenvalue weighted by molar-refractivity contribution is 7.87. The van der Waals surface area contributed by atoms with E-state index in [0.29, 0.717) is 5.69 Å². The number of urea groups is 1. The molecule has 1 atom stereocenters. The Morgan fingerprint density at radius 3 is 2.59 bits per heavy atom. The van der Waals surface area contributed by atoms with Crippen molar-refractivity contribution in [2.45, 2.75) is 13.0 Å². The highest BCUT2D eigenvalue weighted by Gasteiger charge is 2.39. The maximum atomic E-state index is 13.9. The number of pyridine rings is 1. The fraction of sp³-hybridized carbons (Fsp3) is 0.333. The largest absolute Gasteiger partial charge is 0.492 e. The summed E-state index contributed by atoms with van der Waals surface area (Å²) in [6.07, 6.45) is 1.51. The summed E-state index contributed by atoms with van der Waals surface area (Å²) in [7, 11) is -0.527. The first-order valence-corrected chi connectivity index (χ1v) is 10.2. The monoisotopic (exact) mass is 423 g/mol. The lowest BCUT2D eigenvalue weighted by Gasteiger charge is -2.17. The second kappa shape index (κ2) is 8.31. The number of rotatable bonds is 5. The fourth-order valence-corrected chi connectivity index (χ4v) is 4.12. The zero-order valence-corrected chi connectivity index (χ0v) is 17.0. The molecular formula is C18H22FN5O4S. The van der Waals surface area contributed by atoms with Gasteiger partial charge in [-0.05, 0) is 25.1 Å². The third-order valence-corrected chi connectivity index (χ3v) is 6.44. The van der Waals surface area contributed by atoms with Crippen molar-refractivity contribution in [1.82, 2.24) is 13.6 Å². The lowest BCUT2D eigenvalue weighted by atomic mass is 10.2. The van der Waals surface area contributed by atoms with Gasteiger partial charge < -0.3 is 15.4 Å². The molecule has 1 aromatic heterocycles. The van der Waals surface area contributed by atoms with Gasteiger partial charge in [0.1, 0.15) is 18.2 Å². The van der Waals surface area contributed by atoms with Gasteiger partial charge in [-0.1, -0.05) is 0 Å². The van der Waals surface area contributed by atoms with Crippen LogP contribution in [0.1, 0.15) is 5.69 Å². The van der Waals surface area contributed by atoms with E-state index in [4.69, 9.17) is 4.74 Å². The summed E-state index contributed by atoms with van der Waals surface area (Å²) in [5.41, 5.74) is 1.51. The summed E-state index contributed by atoms with van der Waals surface area (Å²) in [6.45, 7) is 2.14. The standard InChI is InChI=1S/C18H22FN5O4S/c1-12-4-5-14(9-20-12)21-18(25)22-15-6-13(19)7-17(8-15)28-11-16-10-23(2)29(26,27)24(16)3/h4-9,16H,10-11H2,1-3H3,(H2,21,22,25). The molecule has 1 aliphatic rings. The van der Waals surface area contributed by atoms with Crippen molar-refractivity contribution >= 4 is 27.6 Å². The van der Waals surface area contributed by atoms with Gasteiger partial charge in [0.25, 0.3) is 10.2 Å². The summed E-state index contributed by atoms with van der Waals surface area (Å²) in [5.74, 6) is -0.419. The molecule has 2 aromatic rings. The maximum absolute atomic E-state index is 13.9. The summed E-state index contributed by atoms with van der Waals surface area (Å²) < 4.78 is 45.9. The van der Waals surface area contributed by atoms with Gasteiger partial charge in [-0.3, -0.25) is 4.98 Å². The molecule has 1 aliphatic heterocycles. The first kappa shape index (κ1) is 21.0. The van der Waals surface area contributed by atoms with Crippen molar-refractivity contribution in [2.24, 2.45) is 0 Å². The number of carbonyl (C=O) groups excluding carboxylic acids is 1. The van der Waals surface area contributed by atoms with Gasteiger partial charge in [-0.15, -0.1) is 0 Å². The second-order valence-corrected chi connectivity index (χ2v) is 8.81. The minimum Gasteiger partial charge on any atom is -0.492 e. The van der Waals surface area contributed by atoms with E-state index >= 15 is 0 Å². The Morgan fingerprint density at radius 1 is 1.24 bits per heavy atom. The molecule has 0 spiro atoms. The van der Waals surface area contributed by atoms with Crippen LogP contribution in [0.3, 0.4) is 0 Å². The van der Waals surface area contributed by atoms with E-state index in [1.165, 1.54) is 41.0 Å². The number of nitrogens with one attached hydrogen (secondary N) is 2. The Balaban J connectivity index is 1.62. The number of hydrogen-bond acceptors (Lipinski definition) is 5. The Labute approximate surface area is 168 Å². The number of amides is 2. The molecule has 3 rings (SSSR count). The highest BCUT2D eigenvalue weighted by atomic mass is 32.2. The molecule has 2 amide bonds.